The van der Waals surface area contributed by atoms with Gasteiger partial charge in [0.15, 0.2) is 5.13 Å². The number of anilines is 2. The molecule has 0 fully saturated rings. The Labute approximate surface area is 206 Å². The number of thiazole rings is 1. The molecule has 4 rings (SSSR count). The third kappa shape index (κ3) is 6.46. The standard InChI is InChI=1S/C26H23N3O3S2/c1-32-23-10-6-5-9-21(23)22-16-34-26(28-22)29-25(31)17-33-20-13-11-19(12-14-20)27-24(30)15-18-7-3-2-4-8-18/h2-14,16H,15,17H2,1H3,(H,27,30)(H,28,29,31). The van der Waals surface area contributed by atoms with Crippen LogP contribution in [0, 0.1) is 0 Å². The molecule has 3 aromatic carbocycles. The Morgan fingerprint density at radius 2 is 1.65 bits per heavy atom. The highest BCUT2D eigenvalue weighted by Crippen LogP contribution is 2.32. The lowest BCUT2D eigenvalue weighted by atomic mass is 10.1. The number of methoxy groups -OCH3 is 1. The number of nitrogens with zero attached hydrogens (tertiary/aromatic N) is 1. The van der Waals surface area contributed by atoms with E-state index in [9.17, 15) is 9.59 Å². The number of ether oxygens (including phenoxy) is 1. The van der Waals surface area contributed by atoms with Crippen LogP contribution in [0.15, 0.2) is 89.1 Å². The van der Waals surface area contributed by atoms with Gasteiger partial charge in [-0.15, -0.1) is 23.1 Å². The first-order valence-corrected chi connectivity index (χ1v) is 12.4. The smallest absolute Gasteiger partial charge is 0.236 e. The predicted octanol–water partition coefficient (Wildman–Crippen LogP) is 5.73. The van der Waals surface area contributed by atoms with Crippen molar-refractivity contribution in [3.05, 3.63) is 89.8 Å². The van der Waals surface area contributed by atoms with Gasteiger partial charge in [-0.05, 0) is 42.0 Å². The summed E-state index contributed by atoms with van der Waals surface area (Å²) >= 11 is 2.79. The lowest BCUT2D eigenvalue weighted by Crippen LogP contribution is -2.14. The Kier molecular flexibility index (Phi) is 7.95. The molecule has 34 heavy (non-hydrogen) atoms. The van der Waals surface area contributed by atoms with Crippen LogP contribution in [0.2, 0.25) is 0 Å². The topological polar surface area (TPSA) is 80.3 Å². The number of thioether (sulfide) groups is 1. The van der Waals surface area contributed by atoms with Gasteiger partial charge in [0, 0.05) is 21.5 Å². The molecule has 172 valence electrons. The fourth-order valence-electron chi connectivity index (χ4n) is 3.24. The Bertz CT molecular complexity index is 1260. The number of hydrogen-bond acceptors (Lipinski definition) is 6. The van der Waals surface area contributed by atoms with Crippen LogP contribution in [0.4, 0.5) is 10.8 Å². The second-order valence-corrected chi connectivity index (χ2v) is 9.22. The van der Waals surface area contributed by atoms with Crippen LogP contribution in [0.5, 0.6) is 5.75 Å². The number of carbonyl (C=O) groups excluding carboxylic acids is 2. The molecule has 0 atom stereocenters. The number of rotatable bonds is 9. The van der Waals surface area contributed by atoms with Crippen molar-refractivity contribution in [2.45, 2.75) is 11.3 Å². The summed E-state index contributed by atoms with van der Waals surface area (Å²) in [5, 5.41) is 8.18. The predicted molar refractivity (Wildman–Crippen MR) is 139 cm³/mol. The highest BCUT2D eigenvalue weighted by atomic mass is 32.2. The van der Waals surface area contributed by atoms with Crippen LogP contribution in [0.3, 0.4) is 0 Å². The molecular formula is C26H23N3O3S2. The molecule has 0 spiro atoms. The summed E-state index contributed by atoms with van der Waals surface area (Å²) in [6.45, 7) is 0. The average Bonchev–Trinajstić information content (AvgIpc) is 3.32. The first kappa shape index (κ1) is 23.5. The molecule has 0 radical (unpaired) electrons. The first-order valence-electron chi connectivity index (χ1n) is 10.6. The highest BCUT2D eigenvalue weighted by Gasteiger charge is 2.12. The van der Waals surface area contributed by atoms with Crippen molar-refractivity contribution in [3.8, 4) is 17.0 Å². The number of hydrogen-bond donors (Lipinski definition) is 2. The van der Waals surface area contributed by atoms with E-state index in [1.165, 1.54) is 23.1 Å². The summed E-state index contributed by atoms with van der Waals surface area (Å²) < 4.78 is 5.38. The van der Waals surface area contributed by atoms with Crippen molar-refractivity contribution in [1.29, 1.82) is 0 Å². The van der Waals surface area contributed by atoms with Gasteiger partial charge in [0.25, 0.3) is 0 Å². The number of carbonyl (C=O) groups is 2. The Balaban J connectivity index is 1.26. The fraction of sp³-hybridized carbons (Fsp3) is 0.115. The SMILES string of the molecule is COc1ccccc1-c1csc(NC(=O)CSc2ccc(NC(=O)Cc3ccccc3)cc2)n1. The molecule has 6 nitrogen and oxygen atoms in total. The van der Waals surface area contributed by atoms with Gasteiger partial charge in [0.05, 0.1) is 25.0 Å². The maximum absolute atomic E-state index is 12.4. The third-order valence-electron chi connectivity index (χ3n) is 4.85. The zero-order valence-corrected chi connectivity index (χ0v) is 20.1. The average molecular weight is 490 g/mol. The van der Waals surface area contributed by atoms with Crippen LogP contribution in [-0.4, -0.2) is 29.7 Å². The highest BCUT2D eigenvalue weighted by molar-refractivity contribution is 8.00. The van der Waals surface area contributed by atoms with Gasteiger partial charge >= 0.3 is 0 Å². The van der Waals surface area contributed by atoms with Crippen LogP contribution < -0.4 is 15.4 Å². The number of aromatic nitrogens is 1. The van der Waals surface area contributed by atoms with Gasteiger partial charge in [0.2, 0.25) is 11.8 Å². The molecule has 1 heterocycles. The van der Waals surface area contributed by atoms with Crippen molar-refractivity contribution in [2.24, 2.45) is 0 Å². The van der Waals surface area contributed by atoms with E-state index in [-0.39, 0.29) is 17.6 Å². The Morgan fingerprint density at radius 3 is 2.41 bits per heavy atom. The monoisotopic (exact) mass is 489 g/mol. The summed E-state index contributed by atoms with van der Waals surface area (Å²) in [7, 11) is 1.62. The molecule has 0 unspecified atom stereocenters. The van der Waals surface area contributed by atoms with Crippen molar-refractivity contribution < 1.29 is 14.3 Å². The normalized spacial score (nSPS) is 10.5. The molecule has 0 saturated heterocycles. The number of benzene rings is 3. The fourth-order valence-corrected chi connectivity index (χ4v) is 4.66. The molecule has 2 N–H and O–H groups in total. The molecule has 2 amide bonds. The minimum absolute atomic E-state index is 0.0677. The maximum atomic E-state index is 12.4. The van der Waals surface area contributed by atoms with Crippen molar-refractivity contribution in [1.82, 2.24) is 4.98 Å². The van der Waals surface area contributed by atoms with E-state index in [4.69, 9.17) is 4.74 Å². The Hall–Kier alpha value is -3.62. The van der Waals surface area contributed by atoms with E-state index in [2.05, 4.69) is 15.6 Å². The van der Waals surface area contributed by atoms with Crippen molar-refractivity contribution in [3.63, 3.8) is 0 Å². The summed E-state index contributed by atoms with van der Waals surface area (Å²) in [6, 6.07) is 24.7. The number of amides is 2. The summed E-state index contributed by atoms with van der Waals surface area (Å²) in [5.41, 5.74) is 3.33. The minimum atomic E-state index is -0.133. The van der Waals surface area contributed by atoms with Crippen molar-refractivity contribution >= 4 is 45.7 Å². The molecule has 8 heteroatoms. The van der Waals surface area contributed by atoms with E-state index < -0.39 is 0 Å². The zero-order chi connectivity index (χ0) is 23.8. The van der Waals surface area contributed by atoms with E-state index >= 15 is 0 Å². The largest absolute Gasteiger partial charge is 0.496 e. The molecule has 4 aromatic rings. The molecule has 0 aliphatic carbocycles. The third-order valence-corrected chi connectivity index (χ3v) is 6.62. The van der Waals surface area contributed by atoms with Crippen LogP contribution in [-0.2, 0) is 16.0 Å². The molecule has 1 aromatic heterocycles. The molecule has 0 aliphatic rings. The Morgan fingerprint density at radius 1 is 0.912 bits per heavy atom. The molecule has 0 bridgehead atoms. The van der Waals surface area contributed by atoms with E-state index in [1.54, 1.807) is 7.11 Å². The lowest BCUT2D eigenvalue weighted by Gasteiger charge is -2.07. The van der Waals surface area contributed by atoms with E-state index in [0.29, 0.717) is 11.6 Å². The van der Waals surface area contributed by atoms with Gasteiger partial charge in [-0.3, -0.25) is 9.59 Å². The quantitative estimate of drug-likeness (QED) is 0.294. The zero-order valence-electron chi connectivity index (χ0n) is 18.5. The van der Waals surface area contributed by atoms with Crippen LogP contribution >= 0.6 is 23.1 Å². The number of para-hydroxylation sites is 1. The van der Waals surface area contributed by atoms with Gasteiger partial charge in [-0.2, -0.15) is 0 Å². The maximum Gasteiger partial charge on any atom is 0.236 e. The van der Waals surface area contributed by atoms with Gasteiger partial charge < -0.3 is 15.4 Å². The summed E-state index contributed by atoms with van der Waals surface area (Å²) in [6.07, 6.45) is 0.326. The van der Waals surface area contributed by atoms with E-state index in [0.717, 1.165) is 33.2 Å². The molecule has 0 saturated carbocycles. The second-order valence-electron chi connectivity index (χ2n) is 7.31. The van der Waals surface area contributed by atoms with Gasteiger partial charge in [0.1, 0.15) is 5.75 Å². The molecule has 0 aliphatic heterocycles. The summed E-state index contributed by atoms with van der Waals surface area (Å²) in [4.78, 5) is 30.0. The second kappa shape index (κ2) is 11.5. The van der Waals surface area contributed by atoms with E-state index in [1.807, 2.05) is 84.2 Å². The van der Waals surface area contributed by atoms with Crippen molar-refractivity contribution in [2.75, 3.05) is 23.5 Å². The summed E-state index contributed by atoms with van der Waals surface area (Å²) in [5.74, 6) is 0.789. The molecular weight excluding hydrogens is 466 g/mol. The van der Waals surface area contributed by atoms with Crippen LogP contribution in [0.1, 0.15) is 5.56 Å². The first-order chi connectivity index (χ1) is 16.6. The van der Waals surface area contributed by atoms with Gasteiger partial charge in [-0.1, -0.05) is 42.5 Å². The lowest BCUT2D eigenvalue weighted by molar-refractivity contribution is -0.115. The van der Waals surface area contributed by atoms with Gasteiger partial charge in [-0.25, -0.2) is 4.98 Å². The minimum Gasteiger partial charge on any atom is -0.496 e. The number of nitrogens with one attached hydrogen (secondary N) is 2. The van der Waals surface area contributed by atoms with Crippen LogP contribution in [0.25, 0.3) is 11.3 Å².